The lowest BCUT2D eigenvalue weighted by atomic mass is 9.86. The zero-order chi connectivity index (χ0) is 27.4. The molecule has 204 valence electrons. The number of ether oxygens (including phenoxy) is 1. The second kappa shape index (κ2) is 11.6. The van der Waals surface area contributed by atoms with Crippen molar-refractivity contribution in [3.8, 4) is 11.4 Å². The Morgan fingerprint density at radius 1 is 1.03 bits per heavy atom. The average molecular weight is 526 g/mol. The summed E-state index contributed by atoms with van der Waals surface area (Å²) in [5.74, 6) is 1.07. The second-order valence-electron chi connectivity index (χ2n) is 11.2. The number of aryl methyl sites for hydroxylation is 1. The molecule has 0 aliphatic carbocycles. The van der Waals surface area contributed by atoms with Crippen molar-refractivity contribution < 1.29 is 9.53 Å². The van der Waals surface area contributed by atoms with E-state index in [0.29, 0.717) is 13.0 Å². The van der Waals surface area contributed by atoms with Crippen LogP contribution in [0.5, 0.6) is 5.75 Å². The zero-order valence-corrected chi connectivity index (χ0v) is 23.6. The van der Waals surface area contributed by atoms with Crippen molar-refractivity contribution in [2.24, 2.45) is 5.41 Å². The van der Waals surface area contributed by atoms with Gasteiger partial charge in [0.05, 0.1) is 23.5 Å². The molecule has 1 aliphatic rings. The van der Waals surface area contributed by atoms with E-state index in [-0.39, 0.29) is 5.78 Å². The van der Waals surface area contributed by atoms with E-state index in [0.717, 1.165) is 78.4 Å². The van der Waals surface area contributed by atoms with Crippen molar-refractivity contribution in [1.29, 1.82) is 0 Å². The van der Waals surface area contributed by atoms with Crippen LogP contribution in [-0.2, 0) is 11.3 Å². The third kappa shape index (κ3) is 6.14. The second-order valence-corrected chi connectivity index (χ2v) is 11.2. The topological polar surface area (TPSA) is 63.5 Å². The number of hydrogen-bond donors (Lipinski definition) is 0. The lowest BCUT2D eigenvalue weighted by molar-refractivity contribution is -0.125. The van der Waals surface area contributed by atoms with E-state index in [2.05, 4.69) is 47.1 Å². The smallest absolute Gasteiger partial charge is 0.147 e. The quantitative estimate of drug-likeness (QED) is 0.274. The summed E-state index contributed by atoms with van der Waals surface area (Å²) in [5.41, 5.74) is 4.88. The van der Waals surface area contributed by atoms with E-state index in [1.54, 1.807) is 6.92 Å². The number of carbonyl (C=O) groups is 1. The molecule has 2 aromatic heterocycles. The largest absolute Gasteiger partial charge is 0.491 e. The number of nitrogens with zero attached hydrogens (tertiary/aromatic N) is 5. The van der Waals surface area contributed by atoms with Crippen LogP contribution in [0.25, 0.3) is 16.6 Å². The number of carbonyl (C=O) groups excluding carboxylic acids is 1. The highest BCUT2D eigenvalue weighted by atomic mass is 16.5. The number of rotatable bonds is 9. The number of ketones is 1. The number of aromatic nitrogens is 3. The molecule has 0 saturated carbocycles. The Morgan fingerprint density at radius 3 is 2.64 bits per heavy atom. The number of anilines is 1. The molecule has 0 amide bonds. The van der Waals surface area contributed by atoms with E-state index in [1.165, 1.54) is 0 Å². The summed E-state index contributed by atoms with van der Waals surface area (Å²) in [4.78, 5) is 21.8. The summed E-state index contributed by atoms with van der Waals surface area (Å²) < 4.78 is 8.41. The molecular weight excluding hydrogens is 486 g/mol. The van der Waals surface area contributed by atoms with Gasteiger partial charge in [-0.3, -0.25) is 14.7 Å². The predicted molar refractivity (Wildman–Crippen MR) is 157 cm³/mol. The van der Waals surface area contributed by atoms with Gasteiger partial charge in [-0.1, -0.05) is 38.1 Å². The molecule has 1 aliphatic heterocycles. The standard InChI is InChI=1S/C32H39N5O2/c1-24-22-26-10-8-15-33-29(26)30(31(24)39-21-14-32(3,4)25(2)38)36-17-9-16-35(19-20-36)23-27-13-18-37(34-27)28-11-6-5-7-12-28/h5-8,10-13,15,18,22H,9,14,16-17,19-21,23H2,1-4H3. The fraction of sp³-hybridized carbons (Fsp3) is 0.406. The minimum absolute atomic E-state index is 0.185. The monoisotopic (exact) mass is 525 g/mol. The van der Waals surface area contributed by atoms with Crippen molar-refractivity contribution in [2.75, 3.05) is 37.7 Å². The third-order valence-electron chi connectivity index (χ3n) is 7.89. The molecule has 1 fully saturated rings. The summed E-state index contributed by atoms with van der Waals surface area (Å²) in [6, 6.07) is 18.6. The molecule has 4 aromatic rings. The predicted octanol–water partition coefficient (Wildman–Crippen LogP) is 5.83. The van der Waals surface area contributed by atoms with Crippen LogP contribution >= 0.6 is 0 Å². The van der Waals surface area contributed by atoms with Crippen LogP contribution in [0.3, 0.4) is 0 Å². The molecule has 2 aromatic carbocycles. The maximum absolute atomic E-state index is 12.1. The van der Waals surface area contributed by atoms with Gasteiger partial charge in [-0.25, -0.2) is 4.68 Å². The first-order chi connectivity index (χ1) is 18.8. The molecule has 7 nitrogen and oxygen atoms in total. The summed E-state index contributed by atoms with van der Waals surface area (Å²) in [6.07, 6.45) is 5.61. The lowest BCUT2D eigenvalue weighted by Gasteiger charge is -2.28. The van der Waals surface area contributed by atoms with Crippen molar-refractivity contribution in [1.82, 2.24) is 19.7 Å². The molecule has 39 heavy (non-hydrogen) atoms. The van der Waals surface area contributed by atoms with Crippen LogP contribution in [-0.4, -0.2) is 58.2 Å². The molecule has 0 bridgehead atoms. The summed E-state index contributed by atoms with van der Waals surface area (Å²) in [7, 11) is 0. The van der Waals surface area contributed by atoms with Crippen molar-refractivity contribution in [3.63, 3.8) is 0 Å². The highest BCUT2D eigenvalue weighted by Crippen LogP contribution is 2.39. The van der Waals surface area contributed by atoms with E-state index in [9.17, 15) is 4.79 Å². The zero-order valence-electron chi connectivity index (χ0n) is 23.6. The van der Waals surface area contributed by atoms with E-state index < -0.39 is 5.41 Å². The van der Waals surface area contributed by atoms with Crippen molar-refractivity contribution >= 4 is 22.4 Å². The maximum atomic E-state index is 12.1. The van der Waals surface area contributed by atoms with Crippen molar-refractivity contribution in [3.05, 3.63) is 78.2 Å². The summed E-state index contributed by atoms with van der Waals surface area (Å²) >= 11 is 0. The number of Topliss-reactive ketones (excluding diaryl/α,β-unsaturated/α-hetero) is 1. The van der Waals surface area contributed by atoms with Gasteiger partial charge in [-0.15, -0.1) is 0 Å². The molecule has 7 heteroatoms. The Balaban J connectivity index is 1.34. The van der Waals surface area contributed by atoms with Crippen LogP contribution in [0.4, 0.5) is 5.69 Å². The minimum Gasteiger partial charge on any atom is -0.491 e. The van der Waals surface area contributed by atoms with Gasteiger partial charge >= 0.3 is 0 Å². The van der Waals surface area contributed by atoms with Gasteiger partial charge < -0.3 is 9.64 Å². The molecule has 1 saturated heterocycles. The van der Waals surface area contributed by atoms with Crippen LogP contribution in [0.2, 0.25) is 0 Å². The average Bonchev–Trinajstić information content (AvgIpc) is 3.27. The van der Waals surface area contributed by atoms with Gasteiger partial charge in [0.1, 0.15) is 17.2 Å². The van der Waals surface area contributed by atoms with Gasteiger partial charge in [-0.05, 0) is 62.6 Å². The Bertz CT molecular complexity index is 1430. The first-order valence-corrected chi connectivity index (χ1v) is 13.9. The van der Waals surface area contributed by atoms with Crippen LogP contribution < -0.4 is 9.64 Å². The molecule has 3 heterocycles. The summed E-state index contributed by atoms with van der Waals surface area (Å²) in [5, 5.41) is 5.94. The number of pyridine rings is 1. The minimum atomic E-state index is -0.403. The fourth-order valence-corrected chi connectivity index (χ4v) is 5.14. The van der Waals surface area contributed by atoms with Crippen LogP contribution in [0.1, 0.15) is 44.9 Å². The van der Waals surface area contributed by atoms with Gasteiger partial charge in [-0.2, -0.15) is 5.10 Å². The molecule has 0 atom stereocenters. The SMILES string of the molecule is CC(=O)C(C)(C)CCOc1c(C)cc2cccnc2c1N1CCCN(Cc2ccn(-c3ccccc3)n2)CC1. The molecule has 0 N–H and O–H groups in total. The maximum Gasteiger partial charge on any atom is 0.147 e. The number of hydrogen-bond acceptors (Lipinski definition) is 6. The molecule has 0 spiro atoms. The Hall–Kier alpha value is -3.71. The lowest BCUT2D eigenvalue weighted by Crippen LogP contribution is -2.31. The first-order valence-electron chi connectivity index (χ1n) is 13.9. The van der Waals surface area contributed by atoms with Gasteiger partial charge in [0.25, 0.3) is 0 Å². The Kier molecular flexibility index (Phi) is 7.98. The highest BCUT2D eigenvalue weighted by molar-refractivity contribution is 5.95. The third-order valence-corrected chi connectivity index (χ3v) is 7.89. The molecule has 0 unspecified atom stereocenters. The Labute approximate surface area is 231 Å². The fourth-order valence-electron chi connectivity index (χ4n) is 5.14. The van der Waals surface area contributed by atoms with Gasteiger partial charge in [0.2, 0.25) is 0 Å². The molecular formula is C32H39N5O2. The normalized spacial score (nSPS) is 14.9. The number of para-hydroxylation sites is 1. The number of fused-ring (bicyclic) bond motifs is 1. The van der Waals surface area contributed by atoms with E-state index >= 15 is 0 Å². The first kappa shape index (κ1) is 26.9. The molecule has 0 radical (unpaired) electrons. The van der Waals surface area contributed by atoms with E-state index in [4.69, 9.17) is 14.8 Å². The van der Waals surface area contributed by atoms with Gasteiger partial charge in [0, 0.05) is 55.9 Å². The van der Waals surface area contributed by atoms with Crippen LogP contribution in [0, 0.1) is 12.3 Å². The summed E-state index contributed by atoms with van der Waals surface area (Å²) in [6.45, 7) is 12.8. The van der Waals surface area contributed by atoms with Gasteiger partial charge in [0.15, 0.2) is 0 Å². The van der Waals surface area contributed by atoms with Crippen LogP contribution in [0.15, 0.2) is 67.0 Å². The Morgan fingerprint density at radius 2 is 1.85 bits per heavy atom. The van der Waals surface area contributed by atoms with E-state index in [1.807, 2.05) is 55.2 Å². The van der Waals surface area contributed by atoms with Crippen molar-refractivity contribution in [2.45, 2.75) is 47.1 Å². The number of benzene rings is 2. The highest BCUT2D eigenvalue weighted by Gasteiger charge is 2.26. The molecule has 5 rings (SSSR count).